The zero-order valence-corrected chi connectivity index (χ0v) is 29.0. The Morgan fingerprint density at radius 3 is 1.76 bits per heavy atom. The lowest BCUT2D eigenvalue weighted by Gasteiger charge is -2.20. The highest BCUT2D eigenvalue weighted by Gasteiger charge is 2.27. The largest absolute Gasteiger partial charge is 0.472 e. The molecule has 264 valence electrons. The minimum atomic E-state index is -4.59. The number of unbranched alkanes of at least 4 members (excludes halogenated alkanes) is 14. The van der Waals surface area contributed by atoms with E-state index in [1.54, 1.807) is 0 Å². The molecular formula is C34H63O10P. The van der Waals surface area contributed by atoms with E-state index < -0.39 is 51.8 Å². The van der Waals surface area contributed by atoms with Crippen molar-refractivity contribution in [3.63, 3.8) is 0 Å². The molecule has 0 amide bonds. The van der Waals surface area contributed by atoms with E-state index in [1.165, 1.54) is 57.8 Å². The van der Waals surface area contributed by atoms with Crippen LogP contribution in [-0.4, -0.2) is 65.7 Å². The van der Waals surface area contributed by atoms with Crippen LogP contribution in [-0.2, 0) is 32.7 Å². The van der Waals surface area contributed by atoms with Gasteiger partial charge in [0.15, 0.2) is 6.10 Å². The average Bonchev–Trinajstić information content (AvgIpc) is 3.02. The van der Waals surface area contributed by atoms with E-state index in [0.717, 1.165) is 44.9 Å². The molecule has 0 radical (unpaired) electrons. The number of carbonyl (C=O) groups is 2. The summed E-state index contributed by atoms with van der Waals surface area (Å²) in [5.74, 6) is -0.959. The highest BCUT2D eigenvalue weighted by atomic mass is 31.2. The summed E-state index contributed by atoms with van der Waals surface area (Å²) in [4.78, 5) is 34.2. The summed E-state index contributed by atoms with van der Waals surface area (Å²) in [6.45, 7) is 2.13. The Morgan fingerprint density at radius 2 is 1.16 bits per heavy atom. The van der Waals surface area contributed by atoms with Gasteiger partial charge in [0.25, 0.3) is 0 Å². The minimum absolute atomic E-state index is 0.180. The standard InChI is InChI=1S/C34H63O10P/c1-3-5-7-8-9-10-11-12-13-14-15-16-17-18-19-20-21-22-24-26-34(38)44-32(29-41-33(37)25-23-6-4-2)30-43-45(39,40)42-28-31(36)27-35/h9-10,12-13,31-32,35-36H,3-8,11,14-30H2,1-2H3,(H,39,40)/b10-9-,13-12-. The molecule has 0 rings (SSSR count). The lowest BCUT2D eigenvalue weighted by atomic mass is 10.1. The van der Waals surface area contributed by atoms with Crippen LogP contribution >= 0.6 is 7.82 Å². The monoisotopic (exact) mass is 662 g/mol. The van der Waals surface area contributed by atoms with E-state index in [0.29, 0.717) is 12.8 Å². The molecule has 0 aliphatic carbocycles. The molecule has 0 aromatic heterocycles. The number of hydrogen-bond donors (Lipinski definition) is 3. The summed E-state index contributed by atoms with van der Waals surface area (Å²) in [7, 11) is -4.59. The fourth-order valence-electron chi connectivity index (χ4n) is 4.37. The number of ether oxygens (including phenoxy) is 2. The Bertz CT molecular complexity index is 817. The third kappa shape index (κ3) is 30.8. The van der Waals surface area contributed by atoms with Crippen molar-refractivity contribution < 1.29 is 47.8 Å². The minimum Gasteiger partial charge on any atom is -0.462 e. The van der Waals surface area contributed by atoms with Gasteiger partial charge in [0, 0.05) is 12.8 Å². The van der Waals surface area contributed by atoms with Crippen molar-refractivity contribution in [2.24, 2.45) is 0 Å². The summed E-state index contributed by atoms with van der Waals surface area (Å²) in [6, 6.07) is 0. The highest BCUT2D eigenvalue weighted by molar-refractivity contribution is 7.47. The second-order valence-corrected chi connectivity index (χ2v) is 13.0. The smallest absolute Gasteiger partial charge is 0.462 e. The quantitative estimate of drug-likeness (QED) is 0.0281. The molecule has 10 nitrogen and oxygen atoms in total. The first-order valence-electron chi connectivity index (χ1n) is 17.3. The Hall–Kier alpha value is -1.55. The maximum Gasteiger partial charge on any atom is 0.472 e. The molecule has 0 saturated carbocycles. The average molecular weight is 663 g/mol. The number of aliphatic hydroxyl groups excluding tert-OH is 2. The molecule has 0 bridgehead atoms. The third-order valence-electron chi connectivity index (χ3n) is 7.11. The molecule has 0 heterocycles. The van der Waals surface area contributed by atoms with Crippen LogP contribution in [0.25, 0.3) is 0 Å². The van der Waals surface area contributed by atoms with Gasteiger partial charge in [-0.3, -0.25) is 18.6 Å². The third-order valence-corrected chi connectivity index (χ3v) is 8.06. The van der Waals surface area contributed by atoms with Crippen LogP contribution in [0.4, 0.5) is 0 Å². The van der Waals surface area contributed by atoms with Gasteiger partial charge < -0.3 is 24.6 Å². The Labute approximate surface area is 272 Å². The zero-order chi connectivity index (χ0) is 33.4. The van der Waals surface area contributed by atoms with E-state index in [9.17, 15) is 24.2 Å². The fraction of sp³-hybridized carbons (Fsp3) is 0.824. The molecule has 0 aliphatic heterocycles. The van der Waals surface area contributed by atoms with Gasteiger partial charge in [-0.25, -0.2) is 4.57 Å². The Kier molecular flexibility index (Phi) is 30.0. The molecule has 0 saturated heterocycles. The Balaban J connectivity index is 4.14. The second-order valence-electron chi connectivity index (χ2n) is 11.5. The molecule has 11 heteroatoms. The van der Waals surface area contributed by atoms with Gasteiger partial charge in [-0.15, -0.1) is 0 Å². The first-order chi connectivity index (χ1) is 21.7. The predicted molar refractivity (Wildman–Crippen MR) is 178 cm³/mol. The van der Waals surface area contributed by atoms with Crippen molar-refractivity contribution in [3.05, 3.63) is 24.3 Å². The van der Waals surface area contributed by atoms with Gasteiger partial charge in [-0.1, -0.05) is 109 Å². The van der Waals surface area contributed by atoms with Gasteiger partial charge in [0.05, 0.1) is 19.8 Å². The summed E-state index contributed by atoms with van der Waals surface area (Å²) in [5.41, 5.74) is 0. The van der Waals surface area contributed by atoms with E-state index in [4.69, 9.17) is 19.1 Å². The summed E-state index contributed by atoms with van der Waals surface area (Å²) in [5, 5.41) is 18.1. The lowest BCUT2D eigenvalue weighted by molar-refractivity contribution is -0.161. The highest BCUT2D eigenvalue weighted by Crippen LogP contribution is 2.43. The second kappa shape index (κ2) is 31.1. The van der Waals surface area contributed by atoms with Crippen LogP contribution in [0.1, 0.15) is 142 Å². The lowest BCUT2D eigenvalue weighted by Crippen LogP contribution is -2.29. The van der Waals surface area contributed by atoms with Crippen LogP contribution in [0.3, 0.4) is 0 Å². The van der Waals surface area contributed by atoms with Crippen LogP contribution < -0.4 is 0 Å². The molecule has 0 aromatic carbocycles. The summed E-state index contributed by atoms with van der Waals surface area (Å²) in [6.07, 6.45) is 26.7. The first kappa shape index (κ1) is 43.5. The van der Waals surface area contributed by atoms with Gasteiger partial charge in [0.1, 0.15) is 12.7 Å². The SMILES string of the molecule is CCCCC/C=C\C/C=C\CCCCCCCCCCCC(=O)OC(COC(=O)CCCCC)COP(=O)(O)OCC(O)CO. The fourth-order valence-corrected chi connectivity index (χ4v) is 5.16. The normalized spacial score (nSPS) is 14.5. The van der Waals surface area contributed by atoms with Gasteiger partial charge in [0.2, 0.25) is 0 Å². The topological polar surface area (TPSA) is 149 Å². The van der Waals surface area contributed by atoms with Crippen molar-refractivity contribution >= 4 is 19.8 Å². The molecule has 0 aliphatic rings. The summed E-state index contributed by atoms with van der Waals surface area (Å²) < 4.78 is 32.1. The molecule has 3 atom stereocenters. The van der Waals surface area contributed by atoms with Crippen molar-refractivity contribution in [1.82, 2.24) is 0 Å². The number of phosphoric ester groups is 1. The van der Waals surface area contributed by atoms with Crippen molar-refractivity contribution in [1.29, 1.82) is 0 Å². The molecule has 0 fully saturated rings. The van der Waals surface area contributed by atoms with E-state index in [2.05, 4.69) is 35.8 Å². The van der Waals surface area contributed by atoms with Gasteiger partial charge >= 0.3 is 19.8 Å². The molecule has 45 heavy (non-hydrogen) atoms. The van der Waals surface area contributed by atoms with Crippen molar-refractivity contribution in [2.45, 2.75) is 154 Å². The van der Waals surface area contributed by atoms with Crippen LogP contribution in [0.5, 0.6) is 0 Å². The van der Waals surface area contributed by atoms with Crippen LogP contribution in [0, 0.1) is 0 Å². The maximum atomic E-state index is 12.4. The summed E-state index contributed by atoms with van der Waals surface area (Å²) >= 11 is 0. The zero-order valence-electron chi connectivity index (χ0n) is 28.1. The molecule has 3 N–H and O–H groups in total. The number of rotatable bonds is 32. The number of carbonyl (C=O) groups excluding carboxylic acids is 2. The molecular weight excluding hydrogens is 599 g/mol. The molecule has 3 unspecified atom stereocenters. The Morgan fingerprint density at radius 1 is 0.667 bits per heavy atom. The van der Waals surface area contributed by atoms with Gasteiger partial charge in [-0.2, -0.15) is 0 Å². The van der Waals surface area contributed by atoms with Crippen molar-refractivity contribution in [2.75, 3.05) is 26.4 Å². The van der Waals surface area contributed by atoms with Crippen molar-refractivity contribution in [3.8, 4) is 0 Å². The number of allylic oxidation sites excluding steroid dienone is 4. The number of aliphatic hydroxyl groups is 2. The number of esters is 2. The predicted octanol–water partition coefficient (Wildman–Crippen LogP) is 7.88. The van der Waals surface area contributed by atoms with E-state index >= 15 is 0 Å². The van der Waals surface area contributed by atoms with E-state index in [1.807, 2.05) is 6.92 Å². The van der Waals surface area contributed by atoms with Crippen LogP contribution in [0.15, 0.2) is 24.3 Å². The molecule has 0 spiro atoms. The van der Waals surface area contributed by atoms with E-state index in [-0.39, 0.29) is 19.4 Å². The molecule has 0 aromatic rings. The maximum absolute atomic E-state index is 12.4. The van der Waals surface area contributed by atoms with Crippen LogP contribution in [0.2, 0.25) is 0 Å². The first-order valence-corrected chi connectivity index (χ1v) is 18.8. The number of hydrogen-bond acceptors (Lipinski definition) is 9. The van der Waals surface area contributed by atoms with Gasteiger partial charge in [-0.05, 0) is 44.9 Å². The number of phosphoric acid groups is 1.